The number of nitrogens with one attached hydrogen (secondary N) is 2. The molecule has 2 aromatic carbocycles. The van der Waals surface area contributed by atoms with E-state index in [1.807, 2.05) is 18.2 Å². The van der Waals surface area contributed by atoms with Crippen LogP contribution in [-0.2, 0) is 34.3 Å². The van der Waals surface area contributed by atoms with Gasteiger partial charge in [0.2, 0.25) is 17.8 Å². The number of carbonyl (C=O) groups excluding carboxylic acids is 2. The maximum atomic E-state index is 13.3. The largest absolute Gasteiger partial charge is 0.393 e. The van der Waals surface area contributed by atoms with Crippen LogP contribution in [0.2, 0.25) is 0 Å². The number of anilines is 1. The number of aryl methyl sites for hydroxylation is 2. The molecule has 8 rings (SSSR count). The Morgan fingerprint density at radius 2 is 1.63 bits per heavy atom. The Balaban J connectivity index is 0.755. The first-order valence-corrected chi connectivity index (χ1v) is 22.3. The zero-order chi connectivity index (χ0) is 43.3. The van der Waals surface area contributed by atoms with Gasteiger partial charge in [-0.1, -0.05) is 30.3 Å². The van der Waals surface area contributed by atoms with Crippen LogP contribution >= 0.6 is 0 Å². The van der Waals surface area contributed by atoms with Crippen LogP contribution in [0.25, 0.3) is 33.2 Å². The van der Waals surface area contributed by atoms with Crippen LogP contribution in [0.3, 0.4) is 0 Å². The van der Waals surface area contributed by atoms with Gasteiger partial charge in [0, 0.05) is 88.8 Å². The zero-order valence-corrected chi connectivity index (χ0v) is 35.8. The number of halogens is 2. The van der Waals surface area contributed by atoms with E-state index in [9.17, 15) is 28.3 Å². The lowest BCUT2D eigenvalue weighted by atomic mass is 9.93. The number of piperidine rings is 1. The van der Waals surface area contributed by atoms with E-state index in [-0.39, 0.29) is 36.1 Å². The minimum Gasteiger partial charge on any atom is -0.393 e. The highest BCUT2D eigenvalue weighted by atomic mass is 19.3. The highest BCUT2D eigenvalue weighted by Crippen LogP contribution is 2.37. The fourth-order valence-corrected chi connectivity index (χ4v) is 9.24. The molecule has 3 N–H and O–H groups in total. The molecule has 2 atom stereocenters. The highest BCUT2D eigenvalue weighted by Gasteiger charge is 2.31. The van der Waals surface area contributed by atoms with E-state index in [0.29, 0.717) is 18.5 Å². The third-order valence-electron chi connectivity index (χ3n) is 12.9. The summed E-state index contributed by atoms with van der Waals surface area (Å²) in [5.41, 5.74) is 6.36. The second-order valence-electron chi connectivity index (χ2n) is 17.4. The number of aromatic nitrogens is 5. The standard InChI is InChI=1S/C46H59F2N9O5/c1-30(42(47)48)50-45-49-27-36-37(29-56(43(36)52-45)34-12-14-35(58)15-13-34)33-10-7-32(8-11-33)28-55-22-20-54(21-23-55)19-3-4-24-62-25-5-6-31-9-16-38-40(26-31)53(2)46(61)57(38)39-17-18-41(59)51-44(39)60/h7-11,16,26-27,29-30,34-35,39,42,58H,3-6,12-15,17-25,28H2,1-2H3,(H,49,50,52)(H,51,59,60)/t30-,34-,35-,39?/m0/s1. The fourth-order valence-electron chi connectivity index (χ4n) is 9.24. The number of carbonyl (C=O) groups is 2. The Kier molecular flexibility index (Phi) is 13.8. The van der Waals surface area contributed by atoms with E-state index in [1.54, 1.807) is 17.8 Å². The smallest absolute Gasteiger partial charge is 0.329 e. The van der Waals surface area contributed by atoms with Gasteiger partial charge in [0.1, 0.15) is 11.7 Å². The normalized spacial score (nSPS) is 21.0. The average molecular weight is 856 g/mol. The number of amides is 2. The lowest BCUT2D eigenvalue weighted by Gasteiger charge is -2.34. The average Bonchev–Trinajstić information content (AvgIpc) is 3.76. The van der Waals surface area contributed by atoms with Gasteiger partial charge in [-0.3, -0.25) is 28.9 Å². The third kappa shape index (κ3) is 9.93. The number of benzene rings is 2. The van der Waals surface area contributed by atoms with Crippen molar-refractivity contribution in [2.45, 2.75) is 108 Å². The number of fused-ring (bicyclic) bond motifs is 2. The molecule has 332 valence electrons. The monoisotopic (exact) mass is 855 g/mol. The Morgan fingerprint density at radius 3 is 2.37 bits per heavy atom. The van der Waals surface area contributed by atoms with Gasteiger partial charge >= 0.3 is 5.69 Å². The summed E-state index contributed by atoms with van der Waals surface area (Å²) in [4.78, 5) is 51.4. The number of alkyl halides is 2. The second kappa shape index (κ2) is 19.6. The minimum atomic E-state index is -2.53. The van der Waals surface area contributed by atoms with Crippen LogP contribution in [-0.4, -0.2) is 115 Å². The molecule has 5 aromatic rings. The summed E-state index contributed by atoms with van der Waals surface area (Å²) in [5, 5.41) is 16.1. The topological polar surface area (TPSA) is 152 Å². The zero-order valence-electron chi connectivity index (χ0n) is 35.8. The Labute approximate surface area is 360 Å². The van der Waals surface area contributed by atoms with Crippen LogP contribution in [0, 0.1) is 0 Å². The van der Waals surface area contributed by atoms with E-state index < -0.39 is 24.4 Å². The molecule has 14 nitrogen and oxygen atoms in total. The van der Waals surface area contributed by atoms with Crippen LogP contribution in [0.15, 0.2) is 59.7 Å². The van der Waals surface area contributed by atoms with Gasteiger partial charge in [-0.15, -0.1) is 0 Å². The van der Waals surface area contributed by atoms with Crippen molar-refractivity contribution in [3.8, 4) is 11.1 Å². The fraction of sp³-hybridized carbons (Fsp3) is 0.543. The molecule has 3 fully saturated rings. The molecule has 3 aromatic heterocycles. The lowest BCUT2D eigenvalue weighted by molar-refractivity contribution is -0.135. The molecule has 2 aliphatic heterocycles. The second-order valence-corrected chi connectivity index (χ2v) is 17.4. The summed E-state index contributed by atoms with van der Waals surface area (Å²) in [6.45, 7) is 8.87. The van der Waals surface area contributed by atoms with Crippen LogP contribution in [0.4, 0.5) is 14.7 Å². The molecule has 1 saturated carbocycles. The van der Waals surface area contributed by atoms with Crippen molar-refractivity contribution in [3.63, 3.8) is 0 Å². The van der Waals surface area contributed by atoms with Gasteiger partial charge in [0.15, 0.2) is 0 Å². The lowest BCUT2D eigenvalue weighted by Crippen LogP contribution is -2.46. The van der Waals surface area contributed by atoms with Crippen molar-refractivity contribution in [2.75, 3.05) is 51.3 Å². The summed E-state index contributed by atoms with van der Waals surface area (Å²) in [7, 11) is 1.72. The number of hydrogen-bond acceptors (Lipinski definition) is 10. The maximum absolute atomic E-state index is 13.3. The van der Waals surface area contributed by atoms with Crippen molar-refractivity contribution in [1.82, 2.24) is 38.8 Å². The summed E-state index contributed by atoms with van der Waals surface area (Å²) in [5.74, 6) is -0.543. The minimum absolute atomic E-state index is 0.166. The van der Waals surface area contributed by atoms with Crippen molar-refractivity contribution in [3.05, 3.63) is 76.5 Å². The third-order valence-corrected chi connectivity index (χ3v) is 12.9. The number of hydrogen-bond donors (Lipinski definition) is 3. The molecule has 5 heterocycles. The molecule has 0 spiro atoms. The summed E-state index contributed by atoms with van der Waals surface area (Å²) < 4.78 is 37.8. The van der Waals surface area contributed by atoms with Gasteiger partial charge < -0.3 is 24.6 Å². The number of ether oxygens (including phenoxy) is 1. The van der Waals surface area contributed by atoms with Gasteiger partial charge in [0.25, 0.3) is 6.43 Å². The maximum Gasteiger partial charge on any atom is 0.329 e. The van der Waals surface area contributed by atoms with E-state index in [4.69, 9.17) is 9.72 Å². The first kappa shape index (κ1) is 43.6. The summed E-state index contributed by atoms with van der Waals surface area (Å²) in [6, 6.07) is 13.0. The molecule has 0 bridgehead atoms. The van der Waals surface area contributed by atoms with E-state index in [0.717, 1.165) is 130 Å². The predicted molar refractivity (Wildman–Crippen MR) is 234 cm³/mol. The first-order valence-electron chi connectivity index (χ1n) is 22.3. The number of nitrogens with zero attached hydrogens (tertiary/aromatic N) is 7. The van der Waals surface area contributed by atoms with Crippen LogP contribution in [0.1, 0.15) is 87.9 Å². The van der Waals surface area contributed by atoms with Gasteiger partial charge in [-0.25, -0.2) is 18.6 Å². The van der Waals surface area contributed by atoms with Crippen molar-refractivity contribution < 1.29 is 28.2 Å². The van der Waals surface area contributed by atoms with Crippen molar-refractivity contribution in [2.24, 2.45) is 7.05 Å². The van der Waals surface area contributed by atoms with Gasteiger partial charge in [-0.05, 0) is 100 Å². The Hall–Kier alpha value is -5.03. The number of rotatable bonds is 17. The predicted octanol–water partition coefficient (Wildman–Crippen LogP) is 5.82. The molecule has 3 aliphatic rings. The van der Waals surface area contributed by atoms with Gasteiger partial charge in [-0.2, -0.15) is 4.98 Å². The number of aliphatic hydroxyl groups is 1. The molecular weight excluding hydrogens is 797 g/mol. The molecule has 0 radical (unpaired) electrons. The quantitative estimate of drug-likeness (QED) is 0.0772. The van der Waals surface area contributed by atoms with Crippen molar-refractivity contribution in [1.29, 1.82) is 0 Å². The Bertz CT molecular complexity index is 2400. The number of imide groups is 1. The SMILES string of the molecule is C[C@H](Nc1ncc2c(-c3ccc(CN4CCN(CCCCOCCCc5ccc6c(c5)n(C)c(=O)n6C5CCC(=O)NC5=O)CC4)cc3)cn([C@H]3CC[C@H](O)CC3)c2n1)C(F)F. The van der Waals surface area contributed by atoms with Gasteiger partial charge in [0.05, 0.1) is 23.2 Å². The number of imidazole rings is 1. The van der Waals surface area contributed by atoms with Crippen LogP contribution < -0.4 is 16.3 Å². The van der Waals surface area contributed by atoms with E-state index >= 15 is 0 Å². The van der Waals surface area contributed by atoms with E-state index in [1.165, 1.54) is 17.1 Å². The number of aliphatic hydroxyl groups excluding tert-OH is 1. The number of unbranched alkanes of at least 4 members (excludes halogenated alkanes) is 1. The molecule has 1 unspecified atom stereocenters. The number of piperazine rings is 1. The summed E-state index contributed by atoms with van der Waals surface area (Å²) >= 11 is 0. The Morgan fingerprint density at radius 1 is 0.903 bits per heavy atom. The van der Waals surface area contributed by atoms with E-state index in [2.05, 4.69) is 60.4 Å². The summed E-state index contributed by atoms with van der Waals surface area (Å²) in [6.07, 6.45) is 8.46. The molecule has 2 saturated heterocycles. The van der Waals surface area contributed by atoms with Crippen molar-refractivity contribution >= 4 is 39.8 Å². The molecule has 1 aliphatic carbocycles. The first-order chi connectivity index (χ1) is 30.0. The molecule has 16 heteroatoms. The molecule has 2 amide bonds. The molecular formula is C46H59F2N9O5. The molecule has 62 heavy (non-hydrogen) atoms. The highest BCUT2D eigenvalue weighted by molar-refractivity contribution is 6.00. The van der Waals surface area contributed by atoms with Crippen LogP contribution in [0.5, 0.6) is 0 Å².